The fourth-order valence-corrected chi connectivity index (χ4v) is 3.53. The molecule has 0 saturated carbocycles. The minimum absolute atomic E-state index is 0.481. The van der Waals surface area contributed by atoms with Gasteiger partial charge in [-0.3, -0.25) is 0 Å². The molecule has 3 heteroatoms. The van der Waals surface area contributed by atoms with E-state index in [0.29, 0.717) is 14.5 Å². The molecule has 0 unspecified atom stereocenters. The molecule has 0 aliphatic heterocycles. The van der Waals surface area contributed by atoms with Crippen LogP contribution in [0, 0.1) is 6.92 Å². The normalized spacial score (nSPS) is 10.3. The molecule has 0 radical (unpaired) electrons. The Labute approximate surface area is 75.5 Å². The van der Waals surface area contributed by atoms with Gasteiger partial charge < -0.3 is 0 Å². The summed E-state index contributed by atoms with van der Waals surface area (Å²) in [5.74, 6) is 0. The average Bonchev–Trinajstić information content (AvgIpc) is 2.55. The quantitative estimate of drug-likeness (QED) is 0.682. The summed E-state index contributed by atoms with van der Waals surface area (Å²) in [6.45, 7) is 2.06. The van der Waals surface area contributed by atoms with Gasteiger partial charge in [0, 0.05) is 0 Å². The molecule has 2 aromatic heterocycles. The van der Waals surface area contributed by atoms with Gasteiger partial charge in [-0.2, -0.15) is 0 Å². The summed E-state index contributed by atoms with van der Waals surface area (Å²) in [4.78, 5) is 8.00. The summed E-state index contributed by atoms with van der Waals surface area (Å²) < 4.78 is 1.28. The van der Waals surface area contributed by atoms with Gasteiger partial charge in [-0.1, -0.05) is 0 Å². The van der Waals surface area contributed by atoms with Crippen LogP contribution in [0.4, 0.5) is 0 Å². The molecule has 0 amide bonds. The third-order valence-electron chi connectivity index (χ3n) is 1.35. The van der Waals surface area contributed by atoms with E-state index >= 15 is 0 Å². The van der Waals surface area contributed by atoms with Crippen molar-refractivity contribution in [1.29, 1.82) is 0 Å². The molecule has 2 heterocycles. The Morgan fingerprint density at radius 3 is 3.00 bits per heavy atom. The molecule has 1 nitrogen and oxygen atoms in total. The van der Waals surface area contributed by atoms with Crippen LogP contribution in [0.1, 0.15) is 5.69 Å². The number of hydrogen-bond acceptors (Lipinski definition) is 2. The maximum absolute atomic E-state index is 4.45. The second-order valence-electron chi connectivity index (χ2n) is 2.27. The summed E-state index contributed by atoms with van der Waals surface area (Å²) in [5.41, 5.74) is 1.17. The second-order valence-corrected chi connectivity index (χ2v) is 5.02. The molecular formula is C8H7NSSe. The molecule has 0 atom stereocenters. The van der Waals surface area contributed by atoms with Crippen LogP contribution in [0.25, 0.3) is 9.44 Å². The fourth-order valence-electron chi connectivity index (χ4n) is 0.867. The Hall–Kier alpha value is -0.371. The molecule has 0 aliphatic carbocycles. The fraction of sp³-hybridized carbons (Fsp3) is 0.125. The first-order valence-electron chi connectivity index (χ1n) is 3.32. The van der Waals surface area contributed by atoms with Gasteiger partial charge in [0.2, 0.25) is 0 Å². The van der Waals surface area contributed by atoms with Gasteiger partial charge in [-0.25, -0.2) is 0 Å². The van der Waals surface area contributed by atoms with Crippen molar-refractivity contribution in [2.75, 3.05) is 0 Å². The third kappa shape index (κ3) is 1.45. The zero-order valence-electron chi connectivity index (χ0n) is 6.07. The van der Waals surface area contributed by atoms with Crippen LogP contribution in [0.5, 0.6) is 0 Å². The van der Waals surface area contributed by atoms with Crippen molar-refractivity contribution in [3.05, 3.63) is 28.1 Å². The monoisotopic (exact) mass is 229 g/mol. The van der Waals surface area contributed by atoms with E-state index in [2.05, 4.69) is 34.4 Å². The molecule has 0 spiro atoms. The van der Waals surface area contributed by atoms with Crippen LogP contribution < -0.4 is 0 Å². The number of hydrogen-bond donors (Lipinski definition) is 0. The van der Waals surface area contributed by atoms with Gasteiger partial charge in [-0.05, 0) is 0 Å². The van der Waals surface area contributed by atoms with Crippen molar-refractivity contribution in [2.24, 2.45) is 0 Å². The number of rotatable bonds is 1. The van der Waals surface area contributed by atoms with Gasteiger partial charge in [0.05, 0.1) is 0 Å². The van der Waals surface area contributed by atoms with Crippen molar-refractivity contribution in [3.8, 4) is 9.44 Å². The van der Waals surface area contributed by atoms with Gasteiger partial charge in [0.25, 0.3) is 0 Å². The molecule has 0 saturated heterocycles. The summed E-state index contributed by atoms with van der Waals surface area (Å²) in [6.07, 6.45) is 0. The van der Waals surface area contributed by atoms with Crippen LogP contribution in [0.3, 0.4) is 0 Å². The molecule has 56 valence electrons. The Morgan fingerprint density at radius 1 is 1.55 bits per heavy atom. The predicted octanol–water partition coefficient (Wildman–Crippen LogP) is 2.18. The van der Waals surface area contributed by atoms with E-state index in [1.54, 1.807) is 11.3 Å². The van der Waals surface area contributed by atoms with E-state index in [0.717, 1.165) is 0 Å². The van der Waals surface area contributed by atoms with Gasteiger partial charge in [-0.15, -0.1) is 0 Å². The molecule has 0 fully saturated rings. The van der Waals surface area contributed by atoms with E-state index in [4.69, 9.17) is 0 Å². The van der Waals surface area contributed by atoms with E-state index < -0.39 is 0 Å². The molecule has 11 heavy (non-hydrogen) atoms. The van der Waals surface area contributed by atoms with E-state index in [1.165, 1.54) is 15.1 Å². The molecule has 0 aliphatic rings. The Morgan fingerprint density at radius 2 is 2.45 bits per heavy atom. The summed E-state index contributed by atoms with van der Waals surface area (Å²) in [6, 6.07) is 4.21. The van der Waals surface area contributed by atoms with Crippen molar-refractivity contribution >= 4 is 25.8 Å². The summed E-state index contributed by atoms with van der Waals surface area (Å²) >= 11 is 2.25. The first-order valence-corrected chi connectivity index (χ1v) is 6.05. The van der Waals surface area contributed by atoms with Gasteiger partial charge >= 0.3 is 75.3 Å². The van der Waals surface area contributed by atoms with Gasteiger partial charge in [0.1, 0.15) is 0 Å². The Bertz CT molecular complexity index is 337. The SMILES string of the molecule is Cc1c[se]c(-c2cccs2)n1. The number of nitrogens with zero attached hydrogens (tertiary/aromatic N) is 1. The second kappa shape index (κ2) is 2.94. The van der Waals surface area contributed by atoms with E-state index in [1.807, 2.05) is 0 Å². The third-order valence-corrected chi connectivity index (χ3v) is 4.60. The molecular weight excluding hydrogens is 221 g/mol. The molecule has 2 aromatic rings. The first-order chi connectivity index (χ1) is 5.36. The predicted molar refractivity (Wildman–Crippen MR) is 49.2 cm³/mol. The van der Waals surface area contributed by atoms with Crippen LogP contribution in [-0.4, -0.2) is 19.5 Å². The summed E-state index contributed by atoms with van der Waals surface area (Å²) in [5, 5.41) is 2.10. The maximum atomic E-state index is 4.45. The molecule has 0 aromatic carbocycles. The average molecular weight is 228 g/mol. The van der Waals surface area contributed by atoms with E-state index in [9.17, 15) is 0 Å². The van der Waals surface area contributed by atoms with Gasteiger partial charge in [0.15, 0.2) is 0 Å². The van der Waals surface area contributed by atoms with Crippen molar-refractivity contribution in [3.63, 3.8) is 0 Å². The molecule has 0 N–H and O–H groups in total. The number of aromatic nitrogens is 1. The zero-order valence-corrected chi connectivity index (χ0v) is 8.60. The minimum atomic E-state index is 0.481. The number of aryl methyl sites for hydroxylation is 1. The standard InChI is InChI=1S/C8H7NSSe/c1-6-5-11-8(9-6)7-3-2-4-10-7/h2-5H,1H3. The van der Waals surface area contributed by atoms with Crippen LogP contribution in [0.15, 0.2) is 22.5 Å². The number of thiophene rings is 1. The molecule has 0 bridgehead atoms. The van der Waals surface area contributed by atoms with Crippen LogP contribution in [-0.2, 0) is 0 Å². The zero-order chi connectivity index (χ0) is 7.68. The van der Waals surface area contributed by atoms with Crippen LogP contribution >= 0.6 is 11.3 Å². The molecule has 2 rings (SSSR count). The van der Waals surface area contributed by atoms with Crippen molar-refractivity contribution in [1.82, 2.24) is 4.98 Å². The first kappa shape index (κ1) is 7.29. The Balaban J connectivity index is 2.45. The van der Waals surface area contributed by atoms with Crippen molar-refractivity contribution < 1.29 is 0 Å². The van der Waals surface area contributed by atoms with Crippen LogP contribution in [0.2, 0.25) is 0 Å². The van der Waals surface area contributed by atoms with Crippen molar-refractivity contribution in [2.45, 2.75) is 6.92 Å². The van der Waals surface area contributed by atoms with E-state index in [-0.39, 0.29) is 0 Å². The topological polar surface area (TPSA) is 12.9 Å². The Kier molecular flexibility index (Phi) is 1.94. The summed E-state index contributed by atoms with van der Waals surface area (Å²) in [7, 11) is 0.